The maximum atomic E-state index is 12.4. The first-order chi connectivity index (χ1) is 10.9. The average Bonchev–Trinajstić information content (AvgIpc) is 2.85. The number of benzene rings is 1. The number of carbonyl (C=O) groups excluding carboxylic acids is 1. The molecule has 1 N–H and O–H groups in total. The van der Waals surface area contributed by atoms with Crippen LogP contribution in [-0.2, 0) is 11.3 Å². The molecule has 1 aromatic carbocycles. The summed E-state index contributed by atoms with van der Waals surface area (Å²) in [6, 6.07) is 4.29. The number of carbonyl (C=O) groups is 2. The van der Waals surface area contributed by atoms with Gasteiger partial charge < -0.3 is 10.0 Å². The van der Waals surface area contributed by atoms with Crippen LogP contribution in [0.2, 0.25) is 10.3 Å². The molecule has 2 heterocycles. The number of halogens is 2. The number of fused-ring (bicyclic) bond motifs is 1. The molecule has 0 saturated heterocycles. The molecule has 3 rings (SSSR count). The van der Waals surface area contributed by atoms with Crippen LogP contribution in [0, 0.1) is 0 Å². The summed E-state index contributed by atoms with van der Waals surface area (Å²) < 4.78 is 0. The Labute approximate surface area is 141 Å². The molecule has 0 aliphatic carbocycles. The largest absolute Gasteiger partial charge is 0.480 e. The van der Waals surface area contributed by atoms with Crippen molar-refractivity contribution in [1.82, 2.24) is 14.9 Å². The lowest BCUT2D eigenvalue weighted by Crippen LogP contribution is -2.38. The van der Waals surface area contributed by atoms with Gasteiger partial charge in [-0.05, 0) is 30.2 Å². The molecule has 1 amide bonds. The Balaban J connectivity index is 2.01. The zero-order valence-corrected chi connectivity index (χ0v) is 13.5. The van der Waals surface area contributed by atoms with Crippen molar-refractivity contribution in [3.05, 3.63) is 45.8 Å². The number of rotatable bonds is 3. The van der Waals surface area contributed by atoms with Crippen LogP contribution in [0.15, 0.2) is 24.4 Å². The third-order valence-electron chi connectivity index (χ3n) is 3.75. The van der Waals surface area contributed by atoms with Gasteiger partial charge in [0, 0.05) is 17.7 Å². The van der Waals surface area contributed by atoms with Crippen molar-refractivity contribution in [2.24, 2.45) is 0 Å². The summed E-state index contributed by atoms with van der Waals surface area (Å²) in [5, 5.41) is 9.46. The summed E-state index contributed by atoms with van der Waals surface area (Å²) in [6.07, 6.45) is 1.39. The first-order valence-electron chi connectivity index (χ1n) is 6.73. The van der Waals surface area contributed by atoms with Crippen molar-refractivity contribution in [2.75, 3.05) is 0 Å². The molecule has 0 unspecified atom stereocenters. The Kier molecular flexibility index (Phi) is 3.95. The fraction of sp³-hybridized carbons (Fsp3) is 0.200. The highest BCUT2D eigenvalue weighted by atomic mass is 35.5. The monoisotopic (exact) mass is 351 g/mol. The van der Waals surface area contributed by atoms with Crippen LogP contribution in [0.1, 0.15) is 22.8 Å². The molecular formula is C15H11Cl2N3O3. The highest BCUT2D eigenvalue weighted by molar-refractivity contribution is 6.33. The SMILES string of the molecule is C[C@H](C(=O)O)N1Cc2ccc(-c3nc(Cl)ncc3Cl)cc2C1=O. The van der Waals surface area contributed by atoms with Crippen LogP contribution in [-0.4, -0.2) is 37.9 Å². The van der Waals surface area contributed by atoms with Gasteiger partial charge in [0.25, 0.3) is 5.91 Å². The van der Waals surface area contributed by atoms with Gasteiger partial charge in [-0.25, -0.2) is 14.8 Å². The van der Waals surface area contributed by atoms with E-state index in [9.17, 15) is 9.59 Å². The van der Waals surface area contributed by atoms with E-state index in [0.29, 0.717) is 21.8 Å². The lowest BCUT2D eigenvalue weighted by Gasteiger charge is -2.19. The van der Waals surface area contributed by atoms with Crippen molar-refractivity contribution in [3.8, 4) is 11.3 Å². The van der Waals surface area contributed by atoms with Gasteiger partial charge in [0.15, 0.2) is 0 Å². The molecule has 23 heavy (non-hydrogen) atoms. The van der Waals surface area contributed by atoms with Gasteiger partial charge in [0.1, 0.15) is 6.04 Å². The molecule has 6 nitrogen and oxygen atoms in total. The number of aromatic nitrogens is 2. The second kappa shape index (κ2) is 5.79. The summed E-state index contributed by atoms with van der Waals surface area (Å²) in [5.74, 6) is -1.37. The number of amides is 1. The number of aliphatic carboxylic acids is 1. The van der Waals surface area contributed by atoms with Gasteiger partial charge in [0.2, 0.25) is 5.28 Å². The maximum absolute atomic E-state index is 12.4. The number of nitrogens with zero attached hydrogens (tertiary/aromatic N) is 3. The van der Waals surface area contributed by atoms with Crippen LogP contribution < -0.4 is 0 Å². The number of carboxylic acids is 1. The zero-order chi connectivity index (χ0) is 16.7. The Bertz CT molecular complexity index is 826. The lowest BCUT2D eigenvalue weighted by molar-refractivity contribution is -0.141. The molecule has 2 aromatic rings. The van der Waals surface area contributed by atoms with Crippen molar-refractivity contribution in [2.45, 2.75) is 19.5 Å². The minimum absolute atomic E-state index is 0.0531. The van der Waals surface area contributed by atoms with E-state index in [-0.39, 0.29) is 17.7 Å². The first-order valence-corrected chi connectivity index (χ1v) is 7.49. The van der Waals surface area contributed by atoms with E-state index in [2.05, 4.69) is 9.97 Å². The Morgan fingerprint density at radius 2 is 2.13 bits per heavy atom. The van der Waals surface area contributed by atoms with E-state index in [1.807, 2.05) is 0 Å². The molecule has 8 heteroatoms. The molecular weight excluding hydrogens is 341 g/mol. The molecule has 118 valence electrons. The van der Waals surface area contributed by atoms with E-state index in [4.69, 9.17) is 28.3 Å². The van der Waals surface area contributed by atoms with Gasteiger partial charge in [-0.1, -0.05) is 23.7 Å². The Morgan fingerprint density at radius 3 is 2.83 bits per heavy atom. The van der Waals surface area contributed by atoms with Crippen molar-refractivity contribution < 1.29 is 14.7 Å². The number of carboxylic acid groups (broad SMARTS) is 1. The summed E-state index contributed by atoms with van der Waals surface area (Å²) in [7, 11) is 0. The van der Waals surface area contributed by atoms with Crippen LogP contribution in [0.3, 0.4) is 0 Å². The summed E-state index contributed by atoms with van der Waals surface area (Å²) >= 11 is 11.9. The molecule has 1 aliphatic heterocycles. The molecule has 0 bridgehead atoms. The maximum Gasteiger partial charge on any atom is 0.326 e. The van der Waals surface area contributed by atoms with Crippen molar-refractivity contribution in [1.29, 1.82) is 0 Å². The molecule has 1 aliphatic rings. The lowest BCUT2D eigenvalue weighted by atomic mass is 10.0. The Hall–Kier alpha value is -2.18. The normalized spacial score (nSPS) is 14.7. The molecule has 1 atom stereocenters. The van der Waals surface area contributed by atoms with Gasteiger partial charge in [0.05, 0.1) is 16.9 Å². The van der Waals surface area contributed by atoms with Crippen molar-refractivity contribution in [3.63, 3.8) is 0 Å². The molecule has 1 aromatic heterocycles. The standard InChI is InChI=1S/C15H11Cl2N3O3/c1-7(14(22)23)20-6-9-3-2-8(4-10(9)13(20)21)12-11(16)5-18-15(17)19-12/h2-5,7H,6H2,1H3,(H,22,23)/t7-/m1/s1. The average molecular weight is 352 g/mol. The van der Waals surface area contributed by atoms with E-state index >= 15 is 0 Å². The van der Waals surface area contributed by atoms with Gasteiger partial charge in [-0.15, -0.1) is 0 Å². The molecule has 0 radical (unpaired) electrons. The van der Waals surface area contributed by atoms with Gasteiger partial charge >= 0.3 is 5.97 Å². The van der Waals surface area contributed by atoms with Crippen LogP contribution in [0.4, 0.5) is 0 Å². The van der Waals surface area contributed by atoms with E-state index in [1.54, 1.807) is 18.2 Å². The predicted molar refractivity (Wildman–Crippen MR) is 84.5 cm³/mol. The third kappa shape index (κ3) is 2.75. The second-order valence-corrected chi connectivity index (χ2v) is 5.90. The minimum atomic E-state index is -1.04. The Morgan fingerprint density at radius 1 is 1.39 bits per heavy atom. The van der Waals surface area contributed by atoms with Gasteiger partial charge in [-0.2, -0.15) is 0 Å². The summed E-state index contributed by atoms with van der Waals surface area (Å²) in [6.45, 7) is 1.74. The fourth-order valence-corrected chi connectivity index (χ4v) is 2.80. The highest BCUT2D eigenvalue weighted by Gasteiger charge is 2.34. The third-order valence-corrected chi connectivity index (χ3v) is 4.21. The first kappa shape index (κ1) is 15.7. The smallest absolute Gasteiger partial charge is 0.326 e. The van der Waals surface area contributed by atoms with Crippen LogP contribution >= 0.6 is 23.2 Å². The molecule has 0 saturated carbocycles. The predicted octanol–water partition coefficient (Wildman–Crippen LogP) is 2.88. The summed E-state index contributed by atoms with van der Waals surface area (Å²) in [4.78, 5) is 32.7. The van der Waals surface area contributed by atoms with Crippen molar-refractivity contribution >= 4 is 35.1 Å². The second-order valence-electron chi connectivity index (χ2n) is 5.15. The number of hydrogen-bond acceptors (Lipinski definition) is 4. The van der Waals surface area contributed by atoms with Crippen LogP contribution in [0.25, 0.3) is 11.3 Å². The van der Waals surface area contributed by atoms with Gasteiger partial charge in [-0.3, -0.25) is 4.79 Å². The summed E-state index contributed by atoms with van der Waals surface area (Å²) in [5.41, 5.74) is 2.26. The van der Waals surface area contributed by atoms with E-state index in [1.165, 1.54) is 18.0 Å². The highest BCUT2D eigenvalue weighted by Crippen LogP contribution is 2.32. The molecule has 0 spiro atoms. The fourth-order valence-electron chi connectivity index (χ4n) is 2.46. The van der Waals surface area contributed by atoms with Crippen LogP contribution in [0.5, 0.6) is 0 Å². The topological polar surface area (TPSA) is 83.4 Å². The zero-order valence-electron chi connectivity index (χ0n) is 12.0. The quantitative estimate of drug-likeness (QED) is 0.859. The number of hydrogen-bond donors (Lipinski definition) is 1. The van der Waals surface area contributed by atoms with E-state index < -0.39 is 12.0 Å². The minimum Gasteiger partial charge on any atom is -0.480 e. The van der Waals surface area contributed by atoms with E-state index in [0.717, 1.165) is 5.56 Å². The molecule has 0 fully saturated rings.